The van der Waals surface area contributed by atoms with E-state index in [1.165, 1.54) is 11.1 Å². The zero-order valence-electron chi connectivity index (χ0n) is 16.4. The maximum atomic E-state index is 12.8. The summed E-state index contributed by atoms with van der Waals surface area (Å²) in [6, 6.07) is 16.3. The molecule has 0 spiro atoms. The number of piperidine rings is 1. The third-order valence-corrected chi connectivity index (χ3v) is 6.04. The molecule has 4 heteroatoms. The number of aryl methyl sites for hydroxylation is 2. The number of nitrogens with zero attached hydrogens (tertiary/aromatic N) is 1. The lowest BCUT2D eigenvalue weighted by atomic mass is 10.0. The summed E-state index contributed by atoms with van der Waals surface area (Å²) >= 11 is 1.68. The Balaban J connectivity index is 1.35. The maximum Gasteiger partial charge on any atom is 0.253 e. The fourth-order valence-electron chi connectivity index (χ4n) is 3.61. The molecule has 0 aliphatic carbocycles. The van der Waals surface area contributed by atoms with Gasteiger partial charge < -0.3 is 9.64 Å². The van der Waals surface area contributed by atoms with Crippen molar-refractivity contribution in [2.24, 2.45) is 0 Å². The van der Waals surface area contributed by atoms with Gasteiger partial charge in [-0.2, -0.15) is 11.3 Å². The van der Waals surface area contributed by atoms with Crippen LogP contribution in [0.3, 0.4) is 0 Å². The molecule has 3 aromatic rings. The molecular formula is C24H25NO2S. The highest BCUT2D eigenvalue weighted by Gasteiger charge is 2.25. The molecule has 0 N–H and O–H groups in total. The van der Waals surface area contributed by atoms with Gasteiger partial charge in [0.1, 0.15) is 11.9 Å². The molecule has 28 heavy (non-hydrogen) atoms. The predicted molar refractivity (Wildman–Crippen MR) is 115 cm³/mol. The standard InChI is InChI=1S/C24H25NO2S/c1-17-3-4-18(2)23(15-17)27-22-9-12-25(13-10-22)24(26)20-7-5-19(6-8-20)21-11-14-28-16-21/h3-8,11,14-16,22H,9-10,12-13H2,1-2H3. The molecule has 0 unspecified atom stereocenters. The number of thiophene rings is 1. The maximum absolute atomic E-state index is 12.8. The quantitative estimate of drug-likeness (QED) is 0.570. The first-order chi connectivity index (χ1) is 13.6. The molecule has 0 bridgehead atoms. The summed E-state index contributed by atoms with van der Waals surface area (Å²) in [5.74, 6) is 1.08. The molecule has 1 amide bonds. The van der Waals surface area contributed by atoms with Crippen LogP contribution in [-0.4, -0.2) is 30.0 Å². The second-order valence-corrected chi connectivity index (χ2v) is 8.25. The number of hydrogen-bond donors (Lipinski definition) is 0. The number of carbonyl (C=O) groups is 1. The highest BCUT2D eigenvalue weighted by atomic mass is 32.1. The Hall–Kier alpha value is -2.59. The van der Waals surface area contributed by atoms with Crippen LogP contribution in [0.25, 0.3) is 11.1 Å². The lowest BCUT2D eigenvalue weighted by Gasteiger charge is -2.32. The minimum atomic E-state index is 0.113. The Bertz CT molecular complexity index is 939. The number of likely N-dealkylation sites (tertiary alicyclic amines) is 1. The van der Waals surface area contributed by atoms with Crippen LogP contribution in [-0.2, 0) is 0 Å². The van der Waals surface area contributed by atoms with Crippen LogP contribution in [0.15, 0.2) is 59.3 Å². The molecule has 1 fully saturated rings. The topological polar surface area (TPSA) is 29.5 Å². The number of amides is 1. The highest BCUT2D eigenvalue weighted by Crippen LogP contribution is 2.26. The molecule has 1 aliphatic rings. The van der Waals surface area contributed by atoms with Crippen molar-refractivity contribution in [3.63, 3.8) is 0 Å². The Morgan fingerprint density at radius 3 is 2.43 bits per heavy atom. The molecule has 0 saturated carbocycles. The van der Waals surface area contributed by atoms with Crippen molar-refractivity contribution in [2.45, 2.75) is 32.8 Å². The van der Waals surface area contributed by atoms with E-state index in [2.05, 4.69) is 48.9 Å². The summed E-state index contributed by atoms with van der Waals surface area (Å²) in [4.78, 5) is 14.8. The minimum absolute atomic E-state index is 0.113. The van der Waals surface area contributed by atoms with E-state index in [4.69, 9.17) is 4.74 Å². The molecule has 4 rings (SSSR count). The van der Waals surface area contributed by atoms with E-state index in [-0.39, 0.29) is 12.0 Å². The SMILES string of the molecule is Cc1ccc(C)c(OC2CCN(C(=O)c3ccc(-c4ccsc4)cc3)CC2)c1. The van der Waals surface area contributed by atoms with E-state index in [0.717, 1.165) is 48.4 Å². The molecule has 2 heterocycles. The number of hydrogen-bond acceptors (Lipinski definition) is 3. The molecule has 2 aromatic carbocycles. The van der Waals surface area contributed by atoms with E-state index in [0.29, 0.717) is 0 Å². The Morgan fingerprint density at radius 1 is 1.00 bits per heavy atom. The van der Waals surface area contributed by atoms with Gasteiger partial charge in [0.2, 0.25) is 0 Å². The fourth-order valence-corrected chi connectivity index (χ4v) is 4.27. The number of benzene rings is 2. The normalized spacial score (nSPS) is 14.9. The van der Waals surface area contributed by atoms with Crippen LogP contribution in [0.5, 0.6) is 5.75 Å². The van der Waals surface area contributed by atoms with Crippen LogP contribution < -0.4 is 4.74 Å². The number of carbonyl (C=O) groups excluding carboxylic acids is 1. The van der Waals surface area contributed by atoms with E-state index in [1.807, 2.05) is 29.2 Å². The lowest BCUT2D eigenvalue weighted by Crippen LogP contribution is -2.41. The molecule has 3 nitrogen and oxygen atoms in total. The summed E-state index contributed by atoms with van der Waals surface area (Å²) in [6.45, 7) is 5.63. The smallest absolute Gasteiger partial charge is 0.253 e. The van der Waals surface area contributed by atoms with Gasteiger partial charge in [0.05, 0.1) is 0 Å². The highest BCUT2D eigenvalue weighted by molar-refractivity contribution is 7.08. The minimum Gasteiger partial charge on any atom is -0.490 e. The van der Waals surface area contributed by atoms with E-state index in [9.17, 15) is 4.79 Å². The summed E-state index contributed by atoms with van der Waals surface area (Å²) in [7, 11) is 0. The van der Waals surface area contributed by atoms with Gasteiger partial charge in [-0.15, -0.1) is 0 Å². The van der Waals surface area contributed by atoms with E-state index < -0.39 is 0 Å². The Labute approximate surface area is 170 Å². The number of rotatable bonds is 4. The van der Waals surface area contributed by atoms with Crippen molar-refractivity contribution >= 4 is 17.2 Å². The van der Waals surface area contributed by atoms with Gasteiger partial charge in [-0.1, -0.05) is 24.3 Å². The van der Waals surface area contributed by atoms with Crippen LogP contribution >= 0.6 is 11.3 Å². The molecule has 0 radical (unpaired) electrons. The Morgan fingerprint density at radius 2 is 1.75 bits per heavy atom. The van der Waals surface area contributed by atoms with Crippen LogP contribution in [0.4, 0.5) is 0 Å². The third-order valence-electron chi connectivity index (χ3n) is 5.35. The fraction of sp³-hybridized carbons (Fsp3) is 0.292. The van der Waals surface area contributed by atoms with Crippen molar-refractivity contribution in [1.82, 2.24) is 4.90 Å². The lowest BCUT2D eigenvalue weighted by molar-refractivity contribution is 0.0594. The van der Waals surface area contributed by atoms with Gasteiger partial charge in [0, 0.05) is 31.5 Å². The summed E-state index contributed by atoms with van der Waals surface area (Å²) in [5.41, 5.74) is 5.48. The third kappa shape index (κ3) is 4.12. The zero-order valence-corrected chi connectivity index (χ0v) is 17.2. The molecule has 1 aromatic heterocycles. The van der Waals surface area contributed by atoms with Crippen LogP contribution in [0, 0.1) is 13.8 Å². The van der Waals surface area contributed by atoms with Crippen molar-refractivity contribution < 1.29 is 9.53 Å². The second kappa shape index (κ2) is 8.19. The van der Waals surface area contributed by atoms with Crippen molar-refractivity contribution in [3.05, 3.63) is 76.0 Å². The first-order valence-electron chi connectivity index (χ1n) is 9.76. The van der Waals surface area contributed by atoms with Gasteiger partial charge in [0.25, 0.3) is 5.91 Å². The average molecular weight is 392 g/mol. The van der Waals surface area contributed by atoms with Crippen LogP contribution in [0.1, 0.15) is 34.3 Å². The number of ether oxygens (including phenoxy) is 1. The van der Waals surface area contributed by atoms with Gasteiger partial charge in [-0.25, -0.2) is 0 Å². The van der Waals surface area contributed by atoms with E-state index >= 15 is 0 Å². The van der Waals surface area contributed by atoms with Crippen molar-refractivity contribution in [1.29, 1.82) is 0 Å². The van der Waals surface area contributed by atoms with Gasteiger partial charge >= 0.3 is 0 Å². The summed E-state index contributed by atoms with van der Waals surface area (Å²) in [5, 5.41) is 4.19. The first kappa shape index (κ1) is 18.8. The van der Waals surface area contributed by atoms with Gasteiger partial charge in [-0.05, 0) is 71.1 Å². The molecule has 1 saturated heterocycles. The first-order valence-corrected chi connectivity index (χ1v) is 10.7. The van der Waals surface area contributed by atoms with Gasteiger partial charge in [0.15, 0.2) is 0 Å². The van der Waals surface area contributed by atoms with Crippen molar-refractivity contribution in [3.8, 4) is 16.9 Å². The van der Waals surface area contributed by atoms with Crippen molar-refractivity contribution in [2.75, 3.05) is 13.1 Å². The molecule has 1 aliphatic heterocycles. The molecule has 144 valence electrons. The Kier molecular flexibility index (Phi) is 5.49. The average Bonchev–Trinajstić information content (AvgIpc) is 3.26. The molecule has 0 atom stereocenters. The predicted octanol–water partition coefficient (Wildman–Crippen LogP) is 5.72. The largest absolute Gasteiger partial charge is 0.490 e. The summed E-state index contributed by atoms with van der Waals surface area (Å²) < 4.78 is 6.22. The summed E-state index contributed by atoms with van der Waals surface area (Å²) in [6.07, 6.45) is 1.91. The monoisotopic (exact) mass is 391 g/mol. The molecular weight excluding hydrogens is 366 g/mol. The van der Waals surface area contributed by atoms with Gasteiger partial charge in [-0.3, -0.25) is 4.79 Å². The zero-order chi connectivity index (χ0) is 19.5. The van der Waals surface area contributed by atoms with Crippen LogP contribution in [0.2, 0.25) is 0 Å². The van der Waals surface area contributed by atoms with E-state index in [1.54, 1.807) is 11.3 Å². The second-order valence-electron chi connectivity index (χ2n) is 7.47.